The minimum absolute atomic E-state index is 0.0665. The molecule has 9 nitrogen and oxygen atoms in total. The first-order valence-electron chi connectivity index (χ1n) is 9.56. The fourth-order valence-electron chi connectivity index (χ4n) is 3.27. The molecule has 1 saturated carbocycles. The number of carbonyl (C=O) groups excluding carboxylic acids is 1. The average Bonchev–Trinajstić information content (AvgIpc) is 3.44. The average molecular weight is 409 g/mol. The van der Waals surface area contributed by atoms with Gasteiger partial charge in [0.2, 0.25) is 11.8 Å². The summed E-state index contributed by atoms with van der Waals surface area (Å²) in [4.78, 5) is 20.8. The molecule has 0 bridgehead atoms. The van der Waals surface area contributed by atoms with Gasteiger partial charge in [-0.1, -0.05) is 0 Å². The van der Waals surface area contributed by atoms with Gasteiger partial charge in [0.15, 0.2) is 5.82 Å². The van der Waals surface area contributed by atoms with Gasteiger partial charge in [0.05, 0.1) is 31.0 Å². The van der Waals surface area contributed by atoms with Crippen LogP contribution in [-0.4, -0.2) is 58.1 Å². The number of hydrogen-bond acceptors (Lipinski definition) is 7. The first-order chi connectivity index (χ1) is 14.5. The molecule has 0 saturated heterocycles. The van der Waals surface area contributed by atoms with E-state index in [-0.39, 0.29) is 17.2 Å². The summed E-state index contributed by atoms with van der Waals surface area (Å²) in [6.07, 6.45) is 6.72. The van der Waals surface area contributed by atoms with Gasteiger partial charge in [-0.05, 0) is 36.6 Å². The third kappa shape index (κ3) is 3.97. The Morgan fingerprint density at radius 1 is 1.23 bits per heavy atom. The van der Waals surface area contributed by atoms with Gasteiger partial charge in [-0.15, -0.1) is 0 Å². The number of nitrogens with zero attached hydrogens (tertiary/aromatic N) is 4. The zero-order valence-electron chi connectivity index (χ0n) is 16.8. The summed E-state index contributed by atoms with van der Waals surface area (Å²) in [6.45, 7) is 1.23. The highest BCUT2D eigenvalue weighted by Gasteiger charge is 2.42. The number of methoxy groups -OCH3 is 2. The molecule has 0 spiro atoms. The maximum Gasteiger partial charge on any atom is 0.252 e. The van der Waals surface area contributed by atoms with Crippen LogP contribution >= 0.6 is 0 Å². The normalized spacial score (nSPS) is 14.3. The standard InChI is InChI=1S/C21H23N5O4/c1-29-13-21(6-7-21)12-24-19(27)15-3-4-17(23-10-15)26-20(28)16(11-25-26)14-5-8-22-18(9-14)30-2/h3-5,8-11,28H,6-7,12-13H2,1-2H3,(H,24,27). The molecule has 3 aromatic heterocycles. The number of hydrogen-bond donors (Lipinski definition) is 2. The van der Waals surface area contributed by atoms with Crippen LogP contribution in [0.3, 0.4) is 0 Å². The zero-order chi connectivity index (χ0) is 21.1. The van der Waals surface area contributed by atoms with E-state index in [1.54, 1.807) is 37.6 Å². The Bertz CT molecular complexity index is 1040. The van der Waals surface area contributed by atoms with Crippen LogP contribution < -0.4 is 10.1 Å². The predicted octanol–water partition coefficient (Wildman–Crippen LogP) is 2.20. The molecule has 1 aliphatic rings. The quantitative estimate of drug-likeness (QED) is 0.587. The van der Waals surface area contributed by atoms with Crippen LogP contribution in [0.5, 0.6) is 11.8 Å². The number of aromatic nitrogens is 4. The van der Waals surface area contributed by atoms with E-state index in [9.17, 15) is 9.90 Å². The smallest absolute Gasteiger partial charge is 0.252 e. The number of amides is 1. The lowest BCUT2D eigenvalue weighted by atomic mass is 10.1. The lowest BCUT2D eigenvalue weighted by Gasteiger charge is -2.14. The number of carbonyl (C=O) groups is 1. The summed E-state index contributed by atoms with van der Waals surface area (Å²) < 4.78 is 11.7. The SMILES string of the molecule is COCC1(CNC(=O)c2ccc(-n3ncc(-c4ccnc(OC)c4)c3O)nc2)CC1. The summed E-state index contributed by atoms with van der Waals surface area (Å²) in [5.74, 6) is 0.579. The van der Waals surface area contributed by atoms with Gasteiger partial charge in [0.25, 0.3) is 5.91 Å². The molecule has 4 rings (SSSR count). The van der Waals surface area contributed by atoms with Crippen molar-refractivity contribution in [2.24, 2.45) is 5.41 Å². The number of nitrogens with one attached hydrogen (secondary N) is 1. The van der Waals surface area contributed by atoms with Crippen LogP contribution in [-0.2, 0) is 4.74 Å². The lowest BCUT2D eigenvalue weighted by molar-refractivity contribution is 0.0919. The van der Waals surface area contributed by atoms with E-state index in [0.29, 0.717) is 41.5 Å². The maximum absolute atomic E-state index is 12.4. The molecule has 9 heteroatoms. The molecule has 156 valence electrons. The van der Waals surface area contributed by atoms with Gasteiger partial charge in [0.1, 0.15) is 0 Å². The lowest BCUT2D eigenvalue weighted by Crippen LogP contribution is -2.32. The highest BCUT2D eigenvalue weighted by Crippen LogP contribution is 2.45. The fourth-order valence-corrected chi connectivity index (χ4v) is 3.27. The molecule has 1 aliphatic carbocycles. The first-order valence-corrected chi connectivity index (χ1v) is 9.56. The van der Waals surface area contributed by atoms with E-state index in [0.717, 1.165) is 12.8 Å². The van der Waals surface area contributed by atoms with Crippen molar-refractivity contribution in [1.29, 1.82) is 0 Å². The summed E-state index contributed by atoms with van der Waals surface area (Å²) in [7, 11) is 3.20. The molecule has 0 aromatic carbocycles. The number of ether oxygens (including phenoxy) is 2. The van der Waals surface area contributed by atoms with Crippen molar-refractivity contribution in [3.8, 4) is 28.7 Å². The number of pyridine rings is 2. The summed E-state index contributed by atoms with van der Waals surface area (Å²) in [5.41, 5.74) is 1.75. The molecule has 0 aliphatic heterocycles. The highest BCUT2D eigenvalue weighted by molar-refractivity contribution is 5.94. The van der Waals surface area contributed by atoms with Crippen molar-refractivity contribution in [3.05, 3.63) is 48.4 Å². The van der Waals surface area contributed by atoms with Crippen LogP contribution in [0.15, 0.2) is 42.9 Å². The molecule has 1 fully saturated rings. The van der Waals surface area contributed by atoms with Gasteiger partial charge in [-0.25, -0.2) is 9.97 Å². The summed E-state index contributed by atoms with van der Waals surface area (Å²) >= 11 is 0. The number of rotatable bonds is 8. The second kappa shape index (κ2) is 8.11. The second-order valence-electron chi connectivity index (χ2n) is 7.40. The van der Waals surface area contributed by atoms with Crippen molar-refractivity contribution in [1.82, 2.24) is 25.1 Å². The Hall–Kier alpha value is -3.46. The van der Waals surface area contributed by atoms with Gasteiger partial charge < -0.3 is 19.9 Å². The minimum atomic E-state index is -0.189. The van der Waals surface area contributed by atoms with Crippen molar-refractivity contribution < 1.29 is 19.4 Å². The molecule has 30 heavy (non-hydrogen) atoms. The van der Waals surface area contributed by atoms with Gasteiger partial charge >= 0.3 is 0 Å². The minimum Gasteiger partial charge on any atom is -0.493 e. The Morgan fingerprint density at radius 2 is 2.07 bits per heavy atom. The Balaban J connectivity index is 1.48. The van der Waals surface area contributed by atoms with Crippen molar-refractivity contribution in [2.75, 3.05) is 27.4 Å². The molecule has 0 atom stereocenters. The summed E-state index contributed by atoms with van der Waals surface area (Å²) in [6, 6.07) is 6.75. The van der Waals surface area contributed by atoms with E-state index in [2.05, 4.69) is 20.4 Å². The molecular formula is C21H23N5O4. The Kier molecular flexibility index (Phi) is 5.37. The first kappa shape index (κ1) is 19.8. The third-order valence-corrected chi connectivity index (χ3v) is 5.26. The van der Waals surface area contributed by atoms with Gasteiger partial charge in [-0.2, -0.15) is 9.78 Å². The van der Waals surface area contributed by atoms with Crippen molar-refractivity contribution in [3.63, 3.8) is 0 Å². The molecular weight excluding hydrogens is 386 g/mol. The third-order valence-electron chi connectivity index (χ3n) is 5.26. The van der Waals surface area contributed by atoms with E-state index < -0.39 is 0 Å². The van der Waals surface area contributed by atoms with E-state index in [1.807, 2.05) is 0 Å². The van der Waals surface area contributed by atoms with Crippen LogP contribution in [0.25, 0.3) is 16.9 Å². The molecule has 0 radical (unpaired) electrons. The van der Waals surface area contributed by atoms with E-state index >= 15 is 0 Å². The highest BCUT2D eigenvalue weighted by atomic mass is 16.5. The summed E-state index contributed by atoms with van der Waals surface area (Å²) in [5, 5.41) is 17.8. The molecule has 1 amide bonds. The number of aromatic hydroxyl groups is 1. The molecule has 3 heterocycles. The largest absolute Gasteiger partial charge is 0.493 e. The molecule has 2 N–H and O–H groups in total. The fraction of sp³-hybridized carbons (Fsp3) is 0.333. The predicted molar refractivity (Wildman–Crippen MR) is 109 cm³/mol. The topological polar surface area (TPSA) is 111 Å². The Morgan fingerprint density at radius 3 is 2.73 bits per heavy atom. The van der Waals surface area contributed by atoms with Gasteiger partial charge in [0, 0.05) is 37.5 Å². The van der Waals surface area contributed by atoms with Crippen LogP contribution in [0.2, 0.25) is 0 Å². The van der Waals surface area contributed by atoms with Gasteiger partial charge in [-0.3, -0.25) is 4.79 Å². The Labute approximate surface area is 173 Å². The zero-order valence-corrected chi connectivity index (χ0v) is 16.8. The molecule has 0 unspecified atom stereocenters. The van der Waals surface area contributed by atoms with E-state index in [1.165, 1.54) is 24.2 Å². The second-order valence-corrected chi connectivity index (χ2v) is 7.40. The van der Waals surface area contributed by atoms with E-state index in [4.69, 9.17) is 9.47 Å². The van der Waals surface area contributed by atoms with Crippen molar-refractivity contribution >= 4 is 5.91 Å². The monoisotopic (exact) mass is 409 g/mol. The van der Waals surface area contributed by atoms with Crippen LogP contribution in [0.1, 0.15) is 23.2 Å². The van der Waals surface area contributed by atoms with Crippen molar-refractivity contribution in [2.45, 2.75) is 12.8 Å². The van der Waals surface area contributed by atoms with Crippen LogP contribution in [0.4, 0.5) is 0 Å². The molecule has 3 aromatic rings. The maximum atomic E-state index is 12.4. The van der Waals surface area contributed by atoms with Crippen LogP contribution in [0, 0.1) is 5.41 Å².